The minimum atomic E-state index is -0.341. The third-order valence-corrected chi connectivity index (χ3v) is 9.13. The van der Waals surface area contributed by atoms with Crippen molar-refractivity contribution in [3.05, 3.63) is 77.4 Å². The Morgan fingerprint density at radius 1 is 0.840 bits per heavy atom. The van der Waals surface area contributed by atoms with E-state index in [-0.39, 0.29) is 24.7 Å². The van der Waals surface area contributed by atoms with E-state index in [0.29, 0.717) is 5.78 Å². The summed E-state index contributed by atoms with van der Waals surface area (Å²) in [5.74, 6) is 0.314. The molecule has 0 fully saturated rings. The van der Waals surface area contributed by atoms with Gasteiger partial charge < -0.3 is 0 Å². The van der Waals surface area contributed by atoms with Gasteiger partial charge in [-0.3, -0.25) is 0 Å². The zero-order valence-electron chi connectivity index (χ0n) is 15.5. The quantitative estimate of drug-likeness (QED) is 0.393. The molecule has 1 aliphatic rings. The normalized spacial score (nSPS) is 22.7. The van der Waals surface area contributed by atoms with Crippen molar-refractivity contribution in [2.45, 2.75) is 44.9 Å². The second-order valence-corrected chi connectivity index (χ2v) is 10.6. The average molecular weight is 397 g/mol. The Balaban J connectivity index is 2.13. The fourth-order valence-electron chi connectivity index (χ4n) is 3.84. The molecular formula is C23H26OSe. The molecule has 1 atom stereocenters. The monoisotopic (exact) mass is 398 g/mol. The molecule has 130 valence electrons. The van der Waals surface area contributed by atoms with Crippen LogP contribution in [0, 0.1) is 5.41 Å². The van der Waals surface area contributed by atoms with Gasteiger partial charge in [0.15, 0.2) is 0 Å². The Bertz CT molecular complexity index is 789. The molecule has 0 spiro atoms. The summed E-state index contributed by atoms with van der Waals surface area (Å²) in [5.41, 5.74) is 3.63. The predicted octanol–water partition coefficient (Wildman–Crippen LogP) is 5.21. The summed E-state index contributed by atoms with van der Waals surface area (Å²) in [5, 5.41) is 0. The third-order valence-electron chi connectivity index (χ3n) is 5.48. The molecule has 0 heterocycles. The van der Waals surface area contributed by atoms with Gasteiger partial charge in [0, 0.05) is 0 Å². The molecule has 1 nitrogen and oxygen atoms in total. The van der Waals surface area contributed by atoms with Gasteiger partial charge in [-0.1, -0.05) is 0 Å². The molecule has 0 radical (unpaired) electrons. The second-order valence-electron chi connectivity index (χ2n) is 7.74. The van der Waals surface area contributed by atoms with Crippen molar-refractivity contribution < 1.29 is 4.79 Å². The summed E-state index contributed by atoms with van der Waals surface area (Å²) >= 11 is 0.0760. The van der Waals surface area contributed by atoms with E-state index in [1.807, 2.05) is 36.4 Å². The molecule has 2 aromatic rings. The molecule has 0 saturated carbocycles. The van der Waals surface area contributed by atoms with Crippen LogP contribution in [0.25, 0.3) is 0 Å². The summed E-state index contributed by atoms with van der Waals surface area (Å²) in [6.07, 6.45) is 1.86. The average Bonchev–Trinajstić information content (AvgIpc) is 2.60. The first-order chi connectivity index (χ1) is 11.9. The van der Waals surface area contributed by atoms with Gasteiger partial charge >= 0.3 is 158 Å². The third kappa shape index (κ3) is 3.38. The molecule has 0 saturated heterocycles. The zero-order chi connectivity index (χ0) is 18.1. The van der Waals surface area contributed by atoms with Gasteiger partial charge in [0.25, 0.3) is 0 Å². The maximum atomic E-state index is 13.8. The Morgan fingerprint density at radius 2 is 1.36 bits per heavy atom. The van der Waals surface area contributed by atoms with Crippen LogP contribution >= 0.6 is 0 Å². The molecule has 0 aliphatic heterocycles. The van der Waals surface area contributed by atoms with Crippen molar-refractivity contribution in [1.82, 2.24) is 0 Å². The van der Waals surface area contributed by atoms with Gasteiger partial charge in [-0.2, -0.15) is 0 Å². The van der Waals surface area contributed by atoms with E-state index in [0.717, 1.165) is 18.4 Å². The van der Waals surface area contributed by atoms with E-state index in [2.05, 4.69) is 52.0 Å². The van der Waals surface area contributed by atoms with Crippen molar-refractivity contribution in [2.75, 3.05) is 0 Å². The van der Waals surface area contributed by atoms with Crippen LogP contribution in [0.5, 0.6) is 0 Å². The molecule has 0 bridgehead atoms. The van der Waals surface area contributed by atoms with Crippen molar-refractivity contribution in [2.24, 2.45) is 5.41 Å². The molecule has 3 rings (SSSR count). The maximum absolute atomic E-state index is 13.8. The Morgan fingerprint density at radius 3 is 1.96 bits per heavy atom. The number of allylic oxidation sites excluding steroid dienone is 2. The first-order valence-corrected chi connectivity index (χ1v) is 10.6. The first-order valence-electron chi connectivity index (χ1n) is 8.85. The Labute approximate surface area is 157 Å². The molecular weight excluding hydrogens is 371 g/mol. The van der Waals surface area contributed by atoms with Crippen LogP contribution in [0.4, 0.5) is 0 Å². The van der Waals surface area contributed by atoms with Gasteiger partial charge in [-0.25, -0.2) is 0 Å². The van der Waals surface area contributed by atoms with Crippen molar-refractivity contribution in [1.29, 1.82) is 0 Å². The molecule has 0 N–H and O–H groups in total. The van der Waals surface area contributed by atoms with Gasteiger partial charge in [0.05, 0.1) is 0 Å². The van der Waals surface area contributed by atoms with E-state index in [1.54, 1.807) is 0 Å². The molecule has 2 aromatic carbocycles. The Hall–Kier alpha value is -1.63. The number of rotatable bonds is 4. The predicted molar refractivity (Wildman–Crippen MR) is 107 cm³/mol. The molecule has 1 aliphatic carbocycles. The summed E-state index contributed by atoms with van der Waals surface area (Å²) in [4.78, 5) is 13.8. The van der Waals surface area contributed by atoms with Gasteiger partial charge in [0.2, 0.25) is 0 Å². The SMILES string of the molecule is CC1=C(C)CC([Se]c2ccccc2)(C(=O)c2ccccc2)C(C)(C)C1. The number of hydrogen-bond donors (Lipinski definition) is 0. The molecule has 1 unspecified atom stereocenters. The molecule has 0 amide bonds. The number of Topliss-reactive ketones (excluding diaryl/α,β-unsaturated/α-hetero) is 1. The van der Waals surface area contributed by atoms with Crippen LogP contribution in [-0.4, -0.2) is 20.7 Å². The fraction of sp³-hybridized carbons (Fsp3) is 0.348. The van der Waals surface area contributed by atoms with E-state index < -0.39 is 0 Å². The van der Waals surface area contributed by atoms with Gasteiger partial charge in [0.1, 0.15) is 0 Å². The van der Waals surface area contributed by atoms with E-state index >= 15 is 0 Å². The van der Waals surface area contributed by atoms with Crippen molar-refractivity contribution in [3.63, 3.8) is 0 Å². The molecule has 0 aromatic heterocycles. The van der Waals surface area contributed by atoms with E-state index in [4.69, 9.17) is 0 Å². The van der Waals surface area contributed by atoms with Crippen molar-refractivity contribution in [3.8, 4) is 0 Å². The standard InChI is InChI=1S/C23H26OSe/c1-17-15-22(3,4)23(16-18(17)2,25-20-13-9-6-10-14-20)21(24)19-11-7-5-8-12-19/h5-14H,15-16H2,1-4H3. The van der Waals surface area contributed by atoms with Crippen LogP contribution in [-0.2, 0) is 0 Å². The summed E-state index contributed by atoms with van der Waals surface area (Å²) < 4.78 is 0.964. The second kappa shape index (κ2) is 6.94. The van der Waals surface area contributed by atoms with E-state index in [1.165, 1.54) is 15.6 Å². The van der Waals surface area contributed by atoms with Crippen LogP contribution in [0.2, 0.25) is 4.31 Å². The summed E-state index contributed by atoms with van der Waals surface area (Å²) in [6, 6.07) is 20.4. The molecule has 2 heteroatoms. The summed E-state index contributed by atoms with van der Waals surface area (Å²) in [7, 11) is 0. The fourth-order valence-corrected chi connectivity index (χ4v) is 7.08. The number of carbonyl (C=O) groups is 1. The Kier molecular flexibility index (Phi) is 5.04. The number of carbonyl (C=O) groups excluding carboxylic acids is 1. The zero-order valence-corrected chi connectivity index (χ0v) is 17.2. The van der Waals surface area contributed by atoms with Crippen LogP contribution < -0.4 is 4.46 Å². The van der Waals surface area contributed by atoms with Crippen molar-refractivity contribution >= 4 is 25.2 Å². The first kappa shape index (κ1) is 18.2. The number of ketones is 1. The molecule has 25 heavy (non-hydrogen) atoms. The van der Waals surface area contributed by atoms with E-state index in [9.17, 15) is 4.79 Å². The number of benzene rings is 2. The van der Waals surface area contributed by atoms with Crippen LogP contribution in [0.15, 0.2) is 71.8 Å². The van der Waals surface area contributed by atoms with Gasteiger partial charge in [-0.05, 0) is 0 Å². The minimum absolute atomic E-state index is 0.0562. The van der Waals surface area contributed by atoms with Gasteiger partial charge in [-0.15, -0.1) is 0 Å². The van der Waals surface area contributed by atoms with Crippen LogP contribution in [0.1, 0.15) is 50.9 Å². The van der Waals surface area contributed by atoms with Crippen LogP contribution in [0.3, 0.4) is 0 Å². The summed E-state index contributed by atoms with van der Waals surface area (Å²) in [6.45, 7) is 9.01. The topological polar surface area (TPSA) is 17.1 Å². The number of hydrogen-bond acceptors (Lipinski definition) is 1.